The van der Waals surface area contributed by atoms with Gasteiger partial charge in [0, 0.05) is 12.6 Å². The molecule has 0 spiro atoms. The van der Waals surface area contributed by atoms with E-state index in [2.05, 4.69) is 0 Å². The molecular formula is C11H12F3NO5S. The van der Waals surface area contributed by atoms with Crippen molar-refractivity contribution in [1.29, 1.82) is 0 Å². The monoisotopic (exact) mass is 327 g/mol. The van der Waals surface area contributed by atoms with E-state index in [1.165, 1.54) is 12.1 Å². The largest absolute Gasteiger partial charge is 0.486 e. The third-order valence-electron chi connectivity index (χ3n) is 2.67. The van der Waals surface area contributed by atoms with Gasteiger partial charge < -0.3 is 14.6 Å². The molecule has 1 atom stereocenters. The molecular weight excluding hydrogens is 315 g/mol. The van der Waals surface area contributed by atoms with Crippen LogP contribution in [0.5, 0.6) is 11.5 Å². The Morgan fingerprint density at radius 1 is 1.24 bits per heavy atom. The fraction of sp³-hybridized carbons (Fsp3) is 0.455. The molecule has 10 heteroatoms. The maximum absolute atomic E-state index is 12.1. The second-order valence-electron chi connectivity index (χ2n) is 4.21. The lowest BCUT2D eigenvalue weighted by molar-refractivity contribution is -0.200. The van der Waals surface area contributed by atoms with Crippen LogP contribution in [0.1, 0.15) is 0 Å². The van der Waals surface area contributed by atoms with E-state index >= 15 is 0 Å². The standard InChI is InChI=1S/C11H12F3NO5S/c12-11(13,14)10(16)6-15-21(17,18)7-1-2-8-9(5-7)20-4-3-19-8/h1-2,5,10,15-16H,3-4,6H2. The van der Waals surface area contributed by atoms with E-state index in [1.54, 1.807) is 4.72 Å². The third kappa shape index (κ3) is 3.77. The fourth-order valence-corrected chi connectivity index (χ4v) is 2.63. The SMILES string of the molecule is O=S(=O)(NCC(O)C(F)(F)F)c1ccc2c(c1)OCCO2. The summed E-state index contributed by atoms with van der Waals surface area (Å²) >= 11 is 0. The molecule has 0 aromatic heterocycles. The number of hydrogen-bond donors (Lipinski definition) is 2. The van der Waals surface area contributed by atoms with Crippen molar-refractivity contribution in [1.82, 2.24) is 4.72 Å². The van der Waals surface area contributed by atoms with Gasteiger partial charge in [-0.3, -0.25) is 0 Å². The number of alkyl halides is 3. The topological polar surface area (TPSA) is 84.9 Å². The quantitative estimate of drug-likeness (QED) is 0.849. The Morgan fingerprint density at radius 3 is 2.48 bits per heavy atom. The molecule has 1 aliphatic rings. The first kappa shape index (κ1) is 15.9. The summed E-state index contributed by atoms with van der Waals surface area (Å²) in [7, 11) is -4.19. The summed E-state index contributed by atoms with van der Waals surface area (Å²) in [6, 6.07) is 3.68. The average Bonchev–Trinajstić information content (AvgIpc) is 2.43. The highest BCUT2D eigenvalue weighted by atomic mass is 32.2. The smallest absolute Gasteiger partial charge is 0.415 e. The summed E-state index contributed by atoms with van der Waals surface area (Å²) < 4.78 is 72.2. The summed E-state index contributed by atoms with van der Waals surface area (Å²) in [5.74, 6) is 0.552. The van der Waals surface area contributed by atoms with Crippen LogP contribution < -0.4 is 14.2 Å². The van der Waals surface area contributed by atoms with Gasteiger partial charge in [-0.2, -0.15) is 13.2 Å². The Balaban J connectivity index is 2.13. The number of ether oxygens (including phenoxy) is 2. The van der Waals surface area contributed by atoms with Crippen LogP contribution in [0.25, 0.3) is 0 Å². The van der Waals surface area contributed by atoms with Gasteiger partial charge in [-0.05, 0) is 12.1 Å². The van der Waals surface area contributed by atoms with E-state index < -0.39 is 28.8 Å². The lowest BCUT2D eigenvalue weighted by Gasteiger charge is -2.19. The summed E-state index contributed by atoms with van der Waals surface area (Å²) in [6.45, 7) is -0.591. The average molecular weight is 327 g/mol. The first-order valence-electron chi connectivity index (χ1n) is 5.84. The van der Waals surface area contributed by atoms with Crippen LogP contribution in [-0.2, 0) is 10.0 Å². The molecule has 1 heterocycles. The highest BCUT2D eigenvalue weighted by Gasteiger charge is 2.38. The number of nitrogens with one attached hydrogen (secondary N) is 1. The normalized spacial score (nSPS) is 16.6. The lowest BCUT2D eigenvalue weighted by atomic mass is 10.3. The minimum absolute atomic E-state index is 0.195. The summed E-state index contributed by atoms with van der Waals surface area (Å²) in [5.41, 5.74) is 0. The zero-order valence-electron chi connectivity index (χ0n) is 10.6. The van der Waals surface area contributed by atoms with Crippen molar-refractivity contribution in [3.63, 3.8) is 0 Å². The van der Waals surface area contributed by atoms with Gasteiger partial charge in [0.15, 0.2) is 17.6 Å². The molecule has 1 aromatic carbocycles. The van der Waals surface area contributed by atoms with Crippen LogP contribution in [0.4, 0.5) is 13.2 Å². The minimum atomic E-state index is -4.89. The zero-order valence-corrected chi connectivity index (χ0v) is 11.4. The van der Waals surface area contributed by atoms with Crippen LogP contribution in [0, 0.1) is 0 Å². The highest BCUT2D eigenvalue weighted by molar-refractivity contribution is 7.89. The van der Waals surface area contributed by atoms with Crippen molar-refractivity contribution in [2.24, 2.45) is 0 Å². The van der Waals surface area contributed by atoms with E-state index in [4.69, 9.17) is 14.6 Å². The predicted octanol–water partition coefficient (Wildman–Crippen LogP) is 0.659. The van der Waals surface area contributed by atoms with Gasteiger partial charge in [0.25, 0.3) is 0 Å². The lowest BCUT2D eigenvalue weighted by Crippen LogP contribution is -2.40. The van der Waals surface area contributed by atoms with Crippen LogP contribution in [-0.4, -0.2) is 45.6 Å². The molecule has 118 valence electrons. The molecule has 0 fully saturated rings. The number of sulfonamides is 1. The molecule has 0 bridgehead atoms. The van der Waals surface area contributed by atoms with Crippen molar-refractivity contribution in [2.75, 3.05) is 19.8 Å². The number of fused-ring (bicyclic) bond motifs is 1. The summed E-state index contributed by atoms with van der Waals surface area (Å²) in [5, 5.41) is 8.79. The molecule has 1 aliphatic heterocycles. The fourth-order valence-electron chi connectivity index (χ4n) is 1.58. The molecule has 21 heavy (non-hydrogen) atoms. The van der Waals surface area contributed by atoms with E-state index in [-0.39, 0.29) is 17.3 Å². The van der Waals surface area contributed by atoms with Gasteiger partial charge in [-0.25, -0.2) is 13.1 Å². The van der Waals surface area contributed by atoms with Crippen LogP contribution in [0.2, 0.25) is 0 Å². The number of rotatable bonds is 4. The number of hydrogen-bond acceptors (Lipinski definition) is 5. The molecule has 0 saturated carbocycles. The van der Waals surface area contributed by atoms with E-state index in [0.29, 0.717) is 12.4 Å². The second kappa shape index (κ2) is 5.70. The molecule has 0 amide bonds. The molecule has 1 unspecified atom stereocenters. The van der Waals surface area contributed by atoms with E-state index in [1.807, 2.05) is 0 Å². The molecule has 6 nitrogen and oxygen atoms in total. The van der Waals surface area contributed by atoms with Gasteiger partial charge in [-0.15, -0.1) is 0 Å². The van der Waals surface area contributed by atoms with E-state index in [9.17, 15) is 21.6 Å². The summed E-state index contributed by atoms with van der Waals surface area (Å²) in [4.78, 5) is -0.277. The Morgan fingerprint density at radius 2 is 1.86 bits per heavy atom. The maximum Gasteiger partial charge on any atom is 0.415 e. The predicted molar refractivity (Wildman–Crippen MR) is 64.7 cm³/mol. The zero-order chi connectivity index (χ0) is 15.7. The van der Waals surface area contributed by atoms with Crippen molar-refractivity contribution in [3.8, 4) is 11.5 Å². The Kier molecular flexibility index (Phi) is 4.30. The maximum atomic E-state index is 12.1. The van der Waals surface area contributed by atoms with Crippen LogP contribution in [0.3, 0.4) is 0 Å². The molecule has 2 rings (SSSR count). The van der Waals surface area contributed by atoms with Crippen molar-refractivity contribution >= 4 is 10.0 Å². The number of halogens is 3. The molecule has 1 aromatic rings. The number of aliphatic hydroxyl groups excluding tert-OH is 1. The third-order valence-corrected chi connectivity index (χ3v) is 4.09. The van der Waals surface area contributed by atoms with Crippen molar-refractivity contribution < 1.29 is 36.2 Å². The number of benzene rings is 1. The van der Waals surface area contributed by atoms with Crippen LogP contribution >= 0.6 is 0 Å². The van der Waals surface area contributed by atoms with Gasteiger partial charge in [-0.1, -0.05) is 0 Å². The first-order chi connectivity index (χ1) is 9.70. The Labute approximate surface area is 118 Å². The molecule has 0 radical (unpaired) electrons. The van der Waals surface area contributed by atoms with Crippen LogP contribution in [0.15, 0.2) is 23.1 Å². The van der Waals surface area contributed by atoms with Crippen molar-refractivity contribution in [2.45, 2.75) is 17.2 Å². The van der Waals surface area contributed by atoms with Crippen molar-refractivity contribution in [3.05, 3.63) is 18.2 Å². The number of aliphatic hydroxyl groups is 1. The molecule has 0 saturated heterocycles. The summed E-state index contributed by atoms with van der Waals surface area (Å²) in [6.07, 6.45) is -7.67. The first-order valence-corrected chi connectivity index (χ1v) is 7.32. The Bertz CT molecular complexity index is 617. The van der Waals surface area contributed by atoms with Gasteiger partial charge in [0.05, 0.1) is 4.90 Å². The molecule has 0 aliphatic carbocycles. The molecule has 2 N–H and O–H groups in total. The van der Waals surface area contributed by atoms with E-state index in [0.717, 1.165) is 6.07 Å². The van der Waals surface area contributed by atoms with Gasteiger partial charge >= 0.3 is 6.18 Å². The van der Waals surface area contributed by atoms with Gasteiger partial charge in [0.1, 0.15) is 13.2 Å². The highest BCUT2D eigenvalue weighted by Crippen LogP contribution is 2.32. The van der Waals surface area contributed by atoms with Gasteiger partial charge in [0.2, 0.25) is 10.0 Å². The Hall–Kier alpha value is -1.52. The second-order valence-corrected chi connectivity index (χ2v) is 5.98. The minimum Gasteiger partial charge on any atom is -0.486 e.